The number of methoxy groups -OCH3 is 2. The summed E-state index contributed by atoms with van der Waals surface area (Å²) < 4.78 is 11.1. The highest BCUT2D eigenvalue weighted by molar-refractivity contribution is 7.21. The number of carbonyl (C=O) groups is 1. The molecule has 0 aliphatic carbocycles. The molecule has 1 aromatic heterocycles. The molecule has 0 spiro atoms. The monoisotopic (exact) mass is 252 g/mol. The Hall–Kier alpha value is -1.59. The van der Waals surface area contributed by atoms with E-state index in [0.29, 0.717) is 16.2 Å². The number of thiophene rings is 1. The van der Waals surface area contributed by atoms with Crippen molar-refractivity contribution in [1.82, 2.24) is 0 Å². The molecule has 0 aliphatic rings. The number of hydrogen-bond donors (Lipinski definition) is 1. The normalized spacial score (nSPS) is 10.7. The summed E-state index contributed by atoms with van der Waals surface area (Å²) >= 11 is 1.26. The van der Waals surface area contributed by atoms with Gasteiger partial charge in [0.25, 0.3) is 0 Å². The van der Waals surface area contributed by atoms with E-state index in [-0.39, 0.29) is 6.61 Å². The number of carboxylic acid groups (broad SMARTS) is 1. The number of carboxylic acids is 1. The summed E-state index contributed by atoms with van der Waals surface area (Å²) in [5.74, 6) is -0.207. The molecule has 0 fully saturated rings. The Morgan fingerprint density at radius 3 is 2.76 bits per heavy atom. The van der Waals surface area contributed by atoms with E-state index in [1.54, 1.807) is 14.2 Å². The fourth-order valence-electron chi connectivity index (χ4n) is 1.72. The third-order valence-electron chi connectivity index (χ3n) is 2.48. The summed E-state index contributed by atoms with van der Waals surface area (Å²) in [6.45, 7) is 0.287. The van der Waals surface area contributed by atoms with Crippen LogP contribution >= 0.6 is 11.3 Å². The van der Waals surface area contributed by atoms with Crippen molar-refractivity contribution < 1.29 is 19.4 Å². The van der Waals surface area contributed by atoms with Gasteiger partial charge in [0.15, 0.2) is 0 Å². The van der Waals surface area contributed by atoms with Crippen molar-refractivity contribution in [1.29, 1.82) is 0 Å². The number of aromatic carboxylic acids is 1. The topological polar surface area (TPSA) is 55.8 Å². The van der Waals surface area contributed by atoms with Gasteiger partial charge in [-0.25, -0.2) is 4.79 Å². The Labute approximate surface area is 102 Å². The Balaban J connectivity index is 2.67. The molecule has 1 N–H and O–H groups in total. The van der Waals surface area contributed by atoms with Crippen LogP contribution in [0.25, 0.3) is 10.1 Å². The van der Waals surface area contributed by atoms with Crippen molar-refractivity contribution in [2.45, 2.75) is 6.61 Å². The number of rotatable bonds is 4. The number of benzene rings is 1. The predicted octanol–water partition coefficient (Wildman–Crippen LogP) is 2.75. The molecule has 0 radical (unpaired) electrons. The Bertz CT molecular complexity index is 559. The van der Waals surface area contributed by atoms with Gasteiger partial charge in [-0.15, -0.1) is 11.3 Å². The van der Waals surface area contributed by atoms with Crippen LogP contribution < -0.4 is 4.74 Å². The fourth-order valence-corrected chi connectivity index (χ4v) is 2.74. The SMILES string of the molecule is COCc1c(C(=O)O)sc2ccc(OC)cc12. The van der Waals surface area contributed by atoms with Crippen LogP contribution in [0, 0.1) is 0 Å². The summed E-state index contributed by atoms with van der Waals surface area (Å²) in [6, 6.07) is 5.53. The smallest absolute Gasteiger partial charge is 0.346 e. The summed E-state index contributed by atoms with van der Waals surface area (Å²) in [7, 11) is 3.14. The maximum Gasteiger partial charge on any atom is 0.346 e. The maximum atomic E-state index is 11.1. The van der Waals surface area contributed by atoms with Crippen LogP contribution in [0.4, 0.5) is 0 Å². The second-order valence-corrected chi connectivity index (χ2v) is 4.56. The Morgan fingerprint density at radius 1 is 1.41 bits per heavy atom. The molecule has 0 unspecified atom stereocenters. The highest BCUT2D eigenvalue weighted by Gasteiger charge is 2.17. The molecule has 0 amide bonds. The van der Waals surface area contributed by atoms with E-state index >= 15 is 0 Å². The molecule has 0 bridgehead atoms. The summed E-state index contributed by atoms with van der Waals surface area (Å²) in [5, 5.41) is 10.0. The predicted molar refractivity (Wildman–Crippen MR) is 66.0 cm³/mol. The lowest BCUT2D eigenvalue weighted by atomic mass is 10.1. The molecule has 0 saturated heterocycles. The van der Waals surface area contributed by atoms with E-state index < -0.39 is 5.97 Å². The van der Waals surface area contributed by atoms with E-state index in [1.807, 2.05) is 18.2 Å². The van der Waals surface area contributed by atoms with Gasteiger partial charge >= 0.3 is 5.97 Å². The molecule has 5 heteroatoms. The van der Waals surface area contributed by atoms with E-state index in [2.05, 4.69) is 0 Å². The number of ether oxygens (including phenoxy) is 2. The lowest BCUT2D eigenvalue weighted by molar-refractivity contribution is 0.0698. The molecule has 90 valence electrons. The van der Waals surface area contributed by atoms with Gasteiger partial charge in [0, 0.05) is 22.8 Å². The first-order chi connectivity index (χ1) is 8.17. The molecule has 4 nitrogen and oxygen atoms in total. The first-order valence-electron chi connectivity index (χ1n) is 4.99. The molecule has 2 aromatic rings. The van der Waals surface area contributed by atoms with Crippen molar-refractivity contribution in [2.24, 2.45) is 0 Å². The number of fused-ring (bicyclic) bond motifs is 1. The first kappa shape index (κ1) is 11.9. The van der Waals surface area contributed by atoms with Crippen LogP contribution in [-0.4, -0.2) is 25.3 Å². The summed E-state index contributed by atoms with van der Waals surface area (Å²) in [6.07, 6.45) is 0. The van der Waals surface area contributed by atoms with Crippen molar-refractivity contribution >= 4 is 27.4 Å². The average molecular weight is 252 g/mol. The van der Waals surface area contributed by atoms with E-state index in [4.69, 9.17) is 14.6 Å². The minimum absolute atomic E-state index is 0.287. The van der Waals surface area contributed by atoms with E-state index in [1.165, 1.54) is 11.3 Å². The minimum Gasteiger partial charge on any atom is -0.497 e. The third kappa shape index (κ3) is 2.11. The second kappa shape index (κ2) is 4.73. The average Bonchev–Trinajstić information content (AvgIpc) is 2.68. The second-order valence-electron chi connectivity index (χ2n) is 3.51. The molecular weight excluding hydrogens is 240 g/mol. The van der Waals surface area contributed by atoms with Crippen LogP contribution in [0.2, 0.25) is 0 Å². The van der Waals surface area contributed by atoms with Crippen LogP contribution in [0.1, 0.15) is 15.2 Å². The van der Waals surface area contributed by atoms with E-state index in [0.717, 1.165) is 10.1 Å². The maximum absolute atomic E-state index is 11.1. The first-order valence-corrected chi connectivity index (χ1v) is 5.80. The summed E-state index contributed by atoms with van der Waals surface area (Å²) in [5.41, 5.74) is 0.707. The quantitative estimate of drug-likeness (QED) is 0.909. The van der Waals surface area contributed by atoms with Crippen LogP contribution in [0.15, 0.2) is 18.2 Å². The number of hydrogen-bond acceptors (Lipinski definition) is 4. The van der Waals surface area contributed by atoms with Crippen molar-refractivity contribution in [3.8, 4) is 5.75 Å². The summed E-state index contributed by atoms with van der Waals surface area (Å²) in [4.78, 5) is 11.5. The zero-order valence-corrected chi connectivity index (χ0v) is 10.3. The van der Waals surface area contributed by atoms with Gasteiger partial charge in [0.2, 0.25) is 0 Å². The van der Waals surface area contributed by atoms with Crippen LogP contribution in [-0.2, 0) is 11.3 Å². The van der Waals surface area contributed by atoms with Gasteiger partial charge in [-0.2, -0.15) is 0 Å². The third-order valence-corrected chi connectivity index (χ3v) is 3.68. The minimum atomic E-state index is -0.919. The molecule has 0 aliphatic heterocycles. The lowest BCUT2D eigenvalue weighted by Gasteiger charge is -2.02. The molecular formula is C12H12O4S. The van der Waals surface area contributed by atoms with Crippen molar-refractivity contribution in [3.63, 3.8) is 0 Å². The van der Waals surface area contributed by atoms with Crippen molar-refractivity contribution in [3.05, 3.63) is 28.6 Å². The molecule has 1 aromatic carbocycles. The molecule has 2 rings (SSSR count). The van der Waals surface area contributed by atoms with Crippen molar-refractivity contribution in [2.75, 3.05) is 14.2 Å². The van der Waals surface area contributed by atoms with E-state index in [9.17, 15) is 4.79 Å². The highest BCUT2D eigenvalue weighted by Crippen LogP contribution is 2.34. The highest BCUT2D eigenvalue weighted by atomic mass is 32.1. The molecule has 17 heavy (non-hydrogen) atoms. The van der Waals surface area contributed by atoms with Gasteiger partial charge in [-0.1, -0.05) is 0 Å². The molecule has 0 atom stereocenters. The fraction of sp³-hybridized carbons (Fsp3) is 0.250. The molecule has 0 saturated carbocycles. The lowest BCUT2D eigenvalue weighted by Crippen LogP contribution is -1.98. The Kier molecular flexibility index (Phi) is 3.31. The van der Waals surface area contributed by atoms with Gasteiger partial charge in [0.05, 0.1) is 13.7 Å². The zero-order valence-electron chi connectivity index (χ0n) is 9.52. The largest absolute Gasteiger partial charge is 0.497 e. The standard InChI is InChI=1S/C12H12O4S/c1-15-6-9-8-5-7(16-2)3-4-10(8)17-11(9)12(13)14/h3-5H,6H2,1-2H3,(H,13,14). The zero-order chi connectivity index (χ0) is 12.4. The Morgan fingerprint density at radius 2 is 2.18 bits per heavy atom. The van der Waals surface area contributed by atoms with Gasteiger partial charge in [0.1, 0.15) is 10.6 Å². The van der Waals surface area contributed by atoms with Gasteiger partial charge < -0.3 is 14.6 Å². The van der Waals surface area contributed by atoms with Crippen LogP contribution in [0.3, 0.4) is 0 Å². The van der Waals surface area contributed by atoms with Gasteiger partial charge in [-0.05, 0) is 18.2 Å². The molecule has 1 heterocycles. The van der Waals surface area contributed by atoms with Gasteiger partial charge in [-0.3, -0.25) is 0 Å². The van der Waals surface area contributed by atoms with Crippen LogP contribution in [0.5, 0.6) is 5.75 Å².